The summed E-state index contributed by atoms with van der Waals surface area (Å²) in [6.45, 7) is -0.294. The summed E-state index contributed by atoms with van der Waals surface area (Å²) in [6.07, 6.45) is -5.66. The molecule has 1 aromatic rings. The van der Waals surface area contributed by atoms with Crippen molar-refractivity contribution in [3.63, 3.8) is 0 Å². The molecular formula is C11H12F3N3O3. The lowest BCUT2D eigenvalue weighted by Gasteiger charge is -2.13. The topological polar surface area (TPSA) is 107 Å². The summed E-state index contributed by atoms with van der Waals surface area (Å²) in [5.74, 6) is -0.804. The largest absolute Gasteiger partial charge is 0.448 e. The van der Waals surface area contributed by atoms with Crippen LogP contribution >= 0.6 is 0 Å². The van der Waals surface area contributed by atoms with Crippen LogP contribution in [0.5, 0.6) is 0 Å². The van der Waals surface area contributed by atoms with Gasteiger partial charge in [0.25, 0.3) is 5.91 Å². The Morgan fingerprint density at radius 1 is 1.30 bits per heavy atom. The van der Waals surface area contributed by atoms with Crippen LogP contribution in [0.3, 0.4) is 0 Å². The molecule has 6 nitrogen and oxygen atoms in total. The van der Waals surface area contributed by atoms with Gasteiger partial charge in [0.1, 0.15) is 6.61 Å². The SMILES string of the molecule is NC(=O)OCCNC(=O)c1cccc(C(F)(F)F)c1N. The van der Waals surface area contributed by atoms with E-state index in [1.54, 1.807) is 0 Å². The molecule has 110 valence electrons. The maximum absolute atomic E-state index is 12.6. The Balaban J connectivity index is 2.76. The van der Waals surface area contributed by atoms with Crippen molar-refractivity contribution in [2.45, 2.75) is 6.18 Å². The molecule has 2 amide bonds. The number of rotatable bonds is 4. The van der Waals surface area contributed by atoms with E-state index in [1.807, 2.05) is 0 Å². The molecule has 0 aliphatic heterocycles. The Morgan fingerprint density at radius 2 is 1.95 bits per heavy atom. The molecule has 0 fully saturated rings. The number of carbonyl (C=O) groups excluding carboxylic acids is 2. The molecule has 1 aromatic carbocycles. The number of nitrogen functional groups attached to an aromatic ring is 1. The monoisotopic (exact) mass is 291 g/mol. The van der Waals surface area contributed by atoms with Crippen LogP contribution in [0.4, 0.5) is 23.7 Å². The fraction of sp³-hybridized carbons (Fsp3) is 0.273. The first kappa shape index (κ1) is 15.6. The van der Waals surface area contributed by atoms with Gasteiger partial charge in [0.05, 0.1) is 23.4 Å². The second kappa shape index (κ2) is 6.13. The summed E-state index contributed by atoms with van der Waals surface area (Å²) in [4.78, 5) is 21.9. The second-order valence-electron chi connectivity index (χ2n) is 3.69. The van der Waals surface area contributed by atoms with Crippen molar-refractivity contribution < 1.29 is 27.5 Å². The van der Waals surface area contributed by atoms with Crippen molar-refractivity contribution in [3.05, 3.63) is 29.3 Å². The van der Waals surface area contributed by atoms with Crippen molar-refractivity contribution in [1.82, 2.24) is 5.32 Å². The molecule has 0 spiro atoms. The first-order chi connectivity index (χ1) is 9.23. The van der Waals surface area contributed by atoms with E-state index in [0.29, 0.717) is 0 Å². The molecule has 0 unspecified atom stereocenters. The summed E-state index contributed by atoms with van der Waals surface area (Å²) >= 11 is 0. The van der Waals surface area contributed by atoms with Crippen molar-refractivity contribution in [1.29, 1.82) is 0 Å². The third kappa shape index (κ3) is 4.04. The number of nitrogens with two attached hydrogens (primary N) is 2. The van der Waals surface area contributed by atoms with E-state index in [4.69, 9.17) is 11.5 Å². The van der Waals surface area contributed by atoms with E-state index in [2.05, 4.69) is 10.1 Å². The van der Waals surface area contributed by atoms with Gasteiger partial charge < -0.3 is 21.5 Å². The average molecular weight is 291 g/mol. The van der Waals surface area contributed by atoms with Gasteiger partial charge in [0, 0.05) is 0 Å². The number of hydrogen-bond donors (Lipinski definition) is 3. The van der Waals surface area contributed by atoms with Crippen LogP contribution in [0.25, 0.3) is 0 Å². The van der Waals surface area contributed by atoms with Gasteiger partial charge >= 0.3 is 12.3 Å². The van der Waals surface area contributed by atoms with Crippen LogP contribution in [0.1, 0.15) is 15.9 Å². The first-order valence-corrected chi connectivity index (χ1v) is 5.39. The summed E-state index contributed by atoms with van der Waals surface area (Å²) < 4.78 is 42.2. The van der Waals surface area contributed by atoms with Crippen LogP contribution < -0.4 is 16.8 Å². The van der Waals surface area contributed by atoms with Gasteiger partial charge in [0.15, 0.2) is 0 Å². The lowest BCUT2D eigenvalue weighted by atomic mass is 10.1. The highest BCUT2D eigenvalue weighted by Gasteiger charge is 2.34. The number of ether oxygens (including phenoxy) is 1. The number of nitrogens with one attached hydrogen (secondary N) is 1. The second-order valence-corrected chi connectivity index (χ2v) is 3.69. The van der Waals surface area contributed by atoms with Gasteiger partial charge in [-0.25, -0.2) is 4.79 Å². The van der Waals surface area contributed by atoms with Crippen molar-refractivity contribution >= 4 is 17.7 Å². The predicted molar refractivity (Wildman–Crippen MR) is 63.7 cm³/mol. The molecular weight excluding hydrogens is 279 g/mol. The minimum atomic E-state index is -4.64. The fourth-order valence-corrected chi connectivity index (χ4v) is 1.42. The van der Waals surface area contributed by atoms with Crippen LogP contribution in [-0.4, -0.2) is 25.2 Å². The predicted octanol–water partition coefficient (Wildman–Crippen LogP) is 1.11. The Labute approximate surface area is 111 Å². The average Bonchev–Trinajstić information content (AvgIpc) is 2.33. The summed E-state index contributed by atoms with van der Waals surface area (Å²) in [5.41, 5.74) is 7.98. The smallest absolute Gasteiger partial charge is 0.418 e. The Kier molecular flexibility index (Phi) is 4.78. The van der Waals surface area contributed by atoms with Crippen LogP contribution in [0.15, 0.2) is 18.2 Å². The molecule has 0 aliphatic carbocycles. The number of para-hydroxylation sites is 1. The summed E-state index contributed by atoms with van der Waals surface area (Å²) in [7, 11) is 0. The molecule has 0 atom stereocenters. The Morgan fingerprint density at radius 3 is 2.50 bits per heavy atom. The first-order valence-electron chi connectivity index (χ1n) is 5.39. The third-order valence-electron chi connectivity index (χ3n) is 2.29. The van der Waals surface area contributed by atoms with E-state index < -0.39 is 29.4 Å². The highest BCUT2D eigenvalue weighted by molar-refractivity contribution is 5.99. The molecule has 0 saturated heterocycles. The maximum atomic E-state index is 12.6. The van der Waals surface area contributed by atoms with Crippen LogP contribution in [0, 0.1) is 0 Å². The van der Waals surface area contributed by atoms with Crippen LogP contribution in [-0.2, 0) is 10.9 Å². The molecule has 0 radical (unpaired) electrons. The molecule has 0 aliphatic rings. The van der Waals surface area contributed by atoms with E-state index in [9.17, 15) is 22.8 Å². The number of anilines is 1. The highest BCUT2D eigenvalue weighted by atomic mass is 19.4. The summed E-state index contributed by atoms with van der Waals surface area (Å²) in [6, 6.07) is 3.02. The normalized spacial score (nSPS) is 10.9. The molecule has 20 heavy (non-hydrogen) atoms. The summed E-state index contributed by atoms with van der Waals surface area (Å²) in [5, 5.41) is 2.25. The third-order valence-corrected chi connectivity index (χ3v) is 2.29. The van der Waals surface area contributed by atoms with E-state index in [-0.39, 0.29) is 18.7 Å². The number of hydrogen-bond acceptors (Lipinski definition) is 4. The van der Waals surface area contributed by atoms with Gasteiger partial charge in [0.2, 0.25) is 0 Å². The molecule has 0 bridgehead atoms. The number of carbonyl (C=O) groups is 2. The minimum Gasteiger partial charge on any atom is -0.448 e. The van der Waals surface area contributed by atoms with Crippen molar-refractivity contribution in [2.75, 3.05) is 18.9 Å². The number of amides is 2. The van der Waals surface area contributed by atoms with E-state index in [0.717, 1.165) is 18.2 Å². The minimum absolute atomic E-state index is 0.0997. The zero-order valence-corrected chi connectivity index (χ0v) is 10.2. The van der Waals surface area contributed by atoms with Gasteiger partial charge in [-0.1, -0.05) is 6.07 Å². The standard InChI is InChI=1S/C11H12F3N3O3/c12-11(13,14)7-3-1-2-6(8(7)15)9(18)17-4-5-20-10(16)19/h1-3H,4-5,15H2,(H2,16,19)(H,17,18). The van der Waals surface area contributed by atoms with Gasteiger partial charge in [-0.15, -0.1) is 0 Å². The zero-order valence-electron chi connectivity index (χ0n) is 10.2. The lowest BCUT2D eigenvalue weighted by Crippen LogP contribution is -2.30. The lowest BCUT2D eigenvalue weighted by molar-refractivity contribution is -0.136. The van der Waals surface area contributed by atoms with Gasteiger partial charge in [-0.05, 0) is 12.1 Å². The van der Waals surface area contributed by atoms with Crippen molar-refractivity contribution in [3.8, 4) is 0 Å². The molecule has 0 aromatic heterocycles. The molecule has 1 rings (SSSR count). The number of halogens is 3. The Hall–Kier alpha value is -2.45. The van der Waals surface area contributed by atoms with Gasteiger partial charge in [-0.2, -0.15) is 13.2 Å². The Bertz CT molecular complexity index is 517. The quantitative estimate of drug-likeness (QED) is 0.570. The molecule has 5 N–H and O–H groups in total. The molecule has 9 heteroatoms. The van der Waals surface area contributed by atoms with Crippen molar-refractivity contribution in [2.24, 2.45) is 5.73 Å². The van der Waals surface area contributed by atoms with Crippen LogP contribution in [0.2, 0.25) is 0 Å². The number of alkyl halides is 3. The number of primary amides is 1. The molecule has 0 saturated carbocycles. The zero-order chi connectivity index (χ0) is 15.3. The van der Waals surface area contributed by atoms with E-state index >= 15 is 0 Å². The molecule has 0 heterocycles. The fourth-order valence-electron chi connectivity index (χ4n) is 1.42. The number of benzene rings is 1. The highest BCUT2D eigenvalue weighted by Crippen LogP contribution is 2.34. The van der Waals surface area contributed by atoms with E-state index in [1.165, 1.54) is 0 Å². The van der Waals surface area contributed by atoms with Gasteiger partial charge in [-0.3, -0.25) is 4.79 Å². The maximum Gasteiger partial charge on any atom is 0.418 e.